The van der Waals surface area contributed by atoms with Crippen LogP contribution in [0.15, 0.2) is 12.3 Å². The third-order valence-electron chi connectivity index (χ3n) is 3.80. The van der Waals surface area contributed by atoms with E-state index in [1.807, 2.05) is 0 Å². The maximum Gasteiger partial charge on any atom is 0.287 e. The molecule has 8 heteroatoms. The minimum absolute atomic E-state index is 0.0609. The first-order valence-corrected chi connectivity index (χ1v) is 6.98. The summed E-state index contributed by atoms with van der Waals surface area (Å²) < 4.78 is 1.71. The number of amides is 2. The topological polar surface area (TPSA) is 97.5 Å². The molecular weight excluding hydrogens is 276 g/mol. The van der Waals surface area contributed by atoms with E-state index < -0.39 is 4.92 Å². The second-order valence-corrected chi connectivity index (χ2v) is 5.37. The molecule has 0 bridgehead atoms. The summed E-state index contributed by atoms with van der Waals surface area (Å²) in [6, 6.07) is 1.52. The van der Waals surface area contributed by atoms with Gasteiger partial charge in [0, 0.05) is 38.2 Å². The van der Waals surface area contributed by atoms with E-state index >= 15 is 0 Å². The molecule has 1 aromatic rings. The fourth-order valence-electron chi connectivity index (χ4n) is 2.52. The van der Waals surface area contributed by atoms with Crippen LogP contribution in [0, 0.1) is 10.1 Å². The van der Waals surface area contributed by atoms with Crippen molar-refractivity contribution < 1.29 is 14.5 Å². The van der Waals surface area contributed by atoms with Crippen LogP contribution in [0.25, 0.3) is 0 Å². The van der Waals surface area contributed by atoms with Gasteiger partial charge in [0.05, 0.1) is 11.1 Å². The predicted octanol–water partition coefficient (Wildman–Crippen LogP) is 0.693. The van der Waals surface area contributed by atoms with Crippen LogP contribution in [0.2, 0.25) is 0 Å². The number of hydrogen-bond acceptors (Lipinski definition) is 4. The normalized spacial score (nSPS) is 19.0. The molecule has 0 radical (unpaired) electrons. The van der Waals surface area contributed by atoms with Gasteiger partial charge in [-0.05, 0) is 12.8 Å². The summed E-state index contributed by atoms with van der Waals surface area (Å²) in [5.74, 6) is -0.319. The minimum Gasteiger partial charge on any atom is -0.354 e. The maximum atomic E-state index is 12.6. The van der Waals surface area contributed by atoms with Crippen molar-refractivity contribution in [2.75, 3.05) is 19.6 Å². The summed E-state index contributed by atoms with van der Waals surface area (Å²) in [7, 11) is 0. The van der Waals surface area contributed by atoms with Crippen molar-refractivity contribution in [3.05, 3.63) is 28.1 Å². The SMILES string of the molecule is O=C1CCN(C(=O)c2cc([N+](=O)[O-])cn2C2CC2)CCN1. The zero-order valence-corrected chi connectivity index (χ0v) is 11.4. The lowest BCUT2D eigenvalue weighted by atomic mass is 10.3. The van der Waals surface area contributed by atoms with Gasteiger partial charge in [0.25, 0.3) is 11.6 Å². The maximum absolute atomic E-state index is 12.6. The monoisotopic (exact) mass is 292 g/mol. The molecule has 1 saturated carbocycles. The lowest BCUT2D eigenvalue weighted by Gasteiger charge is -2.20. The highest BCUT2D eigenvalue weighted by Gasteiger charge is 2.32. The molecule has 0 aromatic carbocycles. The molecule has 2 heterocycles. The van der Waals surface area contributed by atoms with Crippen molar-refractivity contribution in [1.82, 2.24) is 14.8 Å². The third-order valence-corrected chi connectivity index (χ3v) is 3.80. The molecule has 1 aromatic heterocycles. The van der Waals surface area contributed by atoms with Crippen LogP contribution in [-0.4, -0.2) is 45.8 Å². The quantitative estimate of drug-likeness (QED) is 0.654. The first-order valence-electron chi connectivity index (χ1n) is 6.98. The average Bonchev–Trinajstić information content (AvgIpc) is 3.23. The average molecular weight is 292 g/mol. The second kappa shape index (κ2) is 5.19. The van der Waals surface area contributed by atoms with Crippen LogP contribution in [0.5, 0.6) is 0 Å². The lowest BCUT2D eigenvalue weighted by Crippen LogP contribution is -2.35. The molecule has 2 amide bonds. The smallest absolute Gasteiger partial charge is 0.287 e. The molecule has 1 saturated heterocycles. The molecule has 0 spiro atoms. The van der Waals surface area contributed by atoms with E-state index in [2.05, 4.69) is 5.32 Å². The number of nitro groups is 1. The van der Waals surface area contributed by atoms with Gasteiger partial charge in [-0.15, -0.1) is 0 Å². The van der Waals surface area contributed by atoms with Gasteiger partial charge in [0.15, 0.2) is 0 Å². The Labute approximate surface area is 120 Å². The Kier molecular flexibility index (Phi) is 3.36. The number of carbonyl (C=O) groups is 2. The van der Waals surface area contributed by atoms with Crippen LogP contribution < -0.4 is 5.32 Å². The summed E-state index contributed by atoms with van der Waals surface area (Å²) in [6.07, 6.45) is 3.57. The first-order chi connectivity index (χ1) is 10.1. The van der Waals surface area contributed by atoms with Crippen molar-refractivity contribution >= 4 is 17.5 Å². The van der Waals surface area contributed by atoms with Crippen LogP contribution in [0.3, 0.4) is 0 Å². The highest BCUT2D eigenvalue weighted by atomic mass is 16.6. The Bertz CT molecular complexity index is 605. The van der Waals surface area contributed by atoms with E-state index in [9.17, 15) is 19.7 Å². The zero-order chi connectivity index (χ0) is 15.0. The molecule has 1 aliphatic carbocycles. The van der Waals surface area contributed by atoms with E-state index in [0.29, 0.717) is 25.3 Å². The number of nitrogens with one attached hydrogen (secondary N) is 1. The molecule has 2 fully saturated rings. The minimum atomic E-state index is -0.483. The summed E-state index contributed by atoms with van der Waals surface area (Å²) in [6.45, 7) is 1.18. The number of rotatable bonds is 3. The fourth-order valence-corrected chi connectivity index (χ4v) is 2.52. The van der Waals surface area contributed by atoms with E-state index in [1.165, 1.54) is 12.3 Å². The van der Waals surface area contributed by atoms with Gasteiger partial charge in [-0.1, -0.05) is 0 Å². The highest BCUT2D eigenvalue weighted by Crippen LogP contribution is 2.38. The Morgan fingerprint density at radius 2 is 2.14 bits per heavy atom. The fraction of sp³-hybridized carbons (Fsp3) is 0.538. The van der Waals surface area contributed by atoms with E-state index in [0.717, 1.165) is 12.8 Å². The molecule has 3 rings (SSSR count). The van der Waals surface area contributed by atoms with E-state index in [4.69, 9.17) is 0 Å². The van der Waals surface area contributed by atoms with Crippen molar-refractivity contribution in [3.8, 4) is 0 Å². The van der Waals surface area contributed by atoms with E-state index in [-0.39, 0.29) is 30.0 Å². The first kappa shape index (κ1) is 13.6. The largest absolute Gasteiger partial charge is 0.354 e. The van der Waals surface area contributed by atoms with Gasteiger partial charge in [-0.2, -0.15) is 0 Å². The van der Waals surface area contributed by atoms with Crippen molar-refractivity contribution in [2.45, 2.75) is 25.3 Å². The molecule has 0 atom stereocenters. The van der Waals surface area contributed by atoms with E-state index in [1.54, 1.807) is 9.47 Å². The van der Waals surface area contributed by atoms with Crippen molar-refractivity contribution in [2.24, 2.45) is 0 Å². The number of aromatic nitrogens is 1. The molecule has 0 unspecified atom stereocenters. The lowest BCUT2D eigenvalue weighted by molar-refractivity contribution is -0.384. The third kappa shape index (κ3) is 2.74. The van der Waals surface area contributed by atoms with Gasteiger partial charge in [0.2, 0.25) is 5.91 Å². The van der Waals surface area contributed by atoms with Crippen LogP contribution in [0.4, 0.5) is 5.69 Å². The summed E-state index contributed by atoms with van der Waals surface area (Å²) in [5.41, 5.74) is 0.285. The van der Waals surface area contributed by atoms with Gasteiger partial charge >= 0.3 is 0 Å². The standard InChI is InChI=1S/C13H16N4O4/c18-12-3-5-15(6-4-14-12)13(19)11-7-10(17(20)21)8-16(11)9-1-2-9/h7-9H,1-6H2,(H,14,18). The van der Waals surface area contributed by atoms with Gasteiger partial charge in [-0.3, -0.25) is 19.7 Å². The van der Waals surface area contributed by atoms with Crippen molar-refractivity contribution in [1.29, 1.82) is 0 Å². The molecule has 1 aliphatic heterocycles. The van der Waals surface area contributed by atoms with Crippen molar-refractivity contribution in [3.63, 3.8) is 0 Å². The van der Waals surface area contributed by atoms with Crippen LogP contribution >= 0.6 is 0 Å². The molecule has 1 N–H and O–H groups in total. The Balaban J connectivity index is 1.86. The molecule has 8 nitrogen and oxygen atoms in total. The van der Waals surface area contributed by atoms with Gasteiger partial charge in [0.1, 0.15) is 5.69 Å². The summed E-state index contributed by atoms with van der Waals surface area (Å²) in [4.78, 5) is 35.9. The summed E-state index contributed by atoms with van der Waals surface area (Å²) in [5, 5.41) is 13.6. The zero-order valence-electron chi connectivity index (χ0n) is 11.4. The molecular formula is C13H16N4O4. The van der Waals surface area contributed by atoms with Gasteiger partial charge < -0.3 is 14.8 Å². The number of carbonyl (C=O) groups excluding carboxylic acids is 2. The Morgan fingerprint density at radius 3 is 2.81 bits per heavy atom. The van der Waals surface area contributed by atoms with Crippen LogP contribution in [-0.2, 0) is 4.79 Å². The molecule has 2 aliphatic rings. The second-order valence-electron chi connectivity index (χ2n) is 5.37. The predicted molar refractivity (Wildman–Crippen MR) is 72.9 cm³/mol. The van der Waals surface area contributed by atoms with Crippen LogP contribution in [0.1, 0.15) is 35.8 Å². The summed E-state index contributed by atoms with van der Waals surface area (Å²) >= 11 is 0. The number of nitrogens with zero attached hydrogens (tertiary/aromatic N) is 3. The Hall–Kier alpha value is -2.38. The highest BCUT2D eigenvalue weighted by molar-refractivity contribution is 5.94. The Morgan fingerprint density at radius 1 is 1.38 bits per heavy atom. The molecule has 112 valence electrons. The molecule has 21 heavy (non-hydrogen) atoms. The number of hydrogen-bond donors (Lipinski definition) is 1. The van der Waals surface area contributed by atoms with Gasteiger partial charge in [-0.25, -0.2) is 0 Å².